The van der Waals surface area contributed by atoms with Gasteiger partial charge < -0.3 is 5.73 Å². The van der Waals surface area contributed by atoms with Crippen LogP contribution in [0.25, 0.3) is 22.3 Å². The second-order valence-corrected chi connectivity index (χ2v) is 8.73. The SMILES string of the molecule is Cc1ccc(-c2ccc3c(c2)C(C)(C)c2cc(C(C)(C)N)ccc2-3)cc1. The van der Waals surface area contributed by atoms with Crippen LogP contribution in [-0.2, 0) is 11.0 Å². The van der Waals surface area contributed by atoms with E-state index in [2.05, 4.69) is 95.3 Å². The summed E-state index contributed by atoms with van der Waals surface area (Å²) in [6.07, 6.45) is 0. The fourth-order valence-corrected chi connectivity index (χ4v) is 4.06. The van der Waals surface area contributed by atoms with Gasteiger partial charge in [-0.25, -0.2) is 0 Å². The largest absolute Gasteiger partial charge is 0.322 e. The third-order valence-corrected chi connectivity index (χ3v) is 5.80. The highest BCUT2D eigenvalue weighted by atomic mass is 14.7. The molecule has 0 aromatic heterocycles. The molecule has 1 aliphatic rings. The van der Waals surface area contributed by atoms with Crippen LogP contribution in [0.5, 0.6) is 0 Å². The van der Waals surface area contributed by atoms with E-state index in [1.807, 2.05) is 0 Å². The van der Waals surface area contributed by atoms with Crippen LogP contribution >= 0.6 is 0 Å². The zero-order valence-corrected chi connectivity index (χ0v) is 16.4. The molecule has 3 aromatic rings. The lowest BCUT2D eigenvalue weighted by molar-refractivity contribution is 0.551. The summed E-state index contributed by atoms with van der Waals surface area (Å²) in [6.45, 7) is 10.9. The second kappa shape index (κ2) is 5.56. The molecule has 132 valence electrons. The first-order chi connectivity index (χ1) is 12.2. The Kier molecular flexibility index (Phi) is 3.65. The molecule has 0 radical (unpaired) electrons. The molecule has 0 saturated carbocycles. The summed E-state index contributed by atoms with van der Waals surface area (Å²) < 4.78 is 0. The van der Waals surface area contributed by atoms with Crippen molar-refractivity contribution in [3.8, 4) is 22.3 Å². The minimum Gasteiger partial charge on any atom is -0.322 e. The summed E-state index contributed by atoms with van der Waals surface area (Å²) in [7, 11) is 0. The maximum atomic E-state index is 6.36. The zero-order chi connectivity index (χ0) is 18.7. The van der Waals surface area contributed by atoms with Crippen LogP contribution in [0.15, 0.2) is 60.7 Å². The van der Waals surface area contributed by atoms with Crippen molar-refractivity contribution in [3.63, 3.8) is 0 Å². The fourth-order valence-electron chi connectivity index (χ4n) is 4.06. The molecule has 0 fully saturated rings. The van der Waals surface area contributed by atoms with Crippen LogP contribution < -0.4 is 5.73 Å². The molecular weight excluding hydrogens is 314 g/mol. The molecule has 0 aliphatic heterocycles. The normalized spacial score (nSPS) is 14.8. The van der Waals surface area contributed by atoms with Gasteiger partial charge in [-0.1, -0.05) is 74.0 Å². The summed E-state index contributed by atoms with van der Waals surface area (Å²) in [6, 6.07) is 22.4. The molecule has 0 atom stereocenters. The quantitative estimate of drug-likeness (QED) is 0.593. The van der Waals surface area contributed by atoms with Crippen LogP contribution in [0.4, 0.5) is 0 Å². The van der Waals surface area contributed by atoms with Gasteiger partial charge >= 0.3 is 0 Å². The Morgan fingerprint density at radius 1 is 0.731 bits per heavy atom. The maximum Gasteiger partial charge on any atom is 0.0352 e. The average molecular weight is 341 g/mol. The molecule has 2 N–H and O–H groups in total. The first kappa shape index (κ1) is 17.1. The number of aryl methyl sites for hydroxylation is 1. The number of benzene rings is 3. The summed E-state index contributed by atoms with van der Waals surface area (Å²) in [4.78, 5) is 0. The zero-order valence-electron chi connectivity index (χ0n) is 16.4. The molecule has 26 heavy (non-hydrogen) atoms. The van der Waals surface area contributed by atoms with Crippen LogP contribution in [0, 0.1) is 6.92 Å². The fraction of sp³-hybridized carbons (Fsp3) is 0.280. The van der Waals surface area contributed by atoms with E-state index in [0.717, 1.165) is 0 Å². The lowest BCUT2D eigenvalue weighted by Crippen LogP contribution is -2.29. The van der Waals surface area contributed by atoms with Crippen molar-refractivity contribution in [1.29, 1.82) is 0 Å². The Morgan fingerprint density at radius 3 is 1.88 bits per heavy atom. The predicted octanol–water partition coefficient (Wildman–Crippen LogP) is 6.16. The number of rotatable bonds is 2. The Morgan fingerprint density at radius 2 is 1.27 bits per heavy atom. The Hall–Kier alpha value is -2.38. The van der Waals surface area contributed by atoms with Crippen LogP contribution in [0.1, 0.15) is 49.9 Å². The van der Waals surface area contributed by atoms with Crippen molar-refractivity contribution in [2.45, 2.75) is 45.6 Å². The van der Waals surface area contributed by atoms with E-state index < -0.39 is 0 Å². The third-order valence-electron chi connectivity index (χ3n) is 5.80. The standard InChI is InChI=1S/C25H27N/c1-16-6-8-17(9-7-16)18-10-12-20-21-13-11-19(25(4,5)26)15-23(21)24(2,3)22(20)14-18/h6-15H,26H2,1-5H3. The Labute approximate surface area is 156 Å². The van der Waals surface area contributed by atoms with Gasteiger partial charge in [0.1, 0.15) is 0 Å². The van der Waals surface area contributed by atoms with Crippen molar-refractivity contribution in [2.24, 2.45) is 5.73 Å². The van der Waals surface area contributed by atoms with E-state index in [9.17, 15) is 0 Å². The van der Waals surface area contributed by atoms with Gasteiger partial charge in [0.05, 0.1) is 0 Å². The Bertz CT molecular complexity index is 986. The number of hydrogen-bond donors (Lipinski definition) is 1. The van der Waals surface area contributed by atoms with E-state index in [1.165, 1.54) is 44.5 Å². The molecule has 0 spiro atoms. The van der Waals surface area contributed by atoms with Gasteiger partial charge in [0.15, 0.2) is 0 Å². The van der Waals surface area contributed by atoms with Crippen molar-refractivity contribution in [1.82, 2.24) is 0 Å². The van der Waals surface area contributed by atoms with Gasteiger partial charge in [-0.15, -0.1) is 0 Å². The molecule has 1 aliphatic carbocycles. The first-order valence-corrected chi connectivity index (χ1v) is 9.34. The summed E-state index contributed by atoms with van der Waals surface area (Å²) in [5.41, 5.74) is 16.5. The second-order valence-electron chi connectivity index (χ2n) is 8.73. The first-order valence-electron chi connectivity index (χ1n) is 9.34. The third kappa shape index (κ3) is 2.59. The minimum atomic E-state index is -0.326. The van der Waals surface area contributed by atoms with Gasteiger partial charge in [0.2, 0.25) is 0 Å². The highest BCUT2D eigenvalue weighted by molar-refractivity contribution is 5.83. The van der Waals surface area contributed by atoms with Crippen molar-refractivity contribution in [2.75, 3.05) is 0 Å². The lowest BCUT2D eigenvalue weighted by Gasteiger charge is -2.25. The van der Waals surface area contributed by atoms with Gasteiger partial charge in [0, 0.05) is 11.0 Å². The molecule has 0 bridgehead atoms. The highest BCUT2D eigenvalue weighted by Gasteiger charge is 2.36. The average Bonchev–Trinajstić information content (AvgIpc) is 2.82. The van der Waals surface area contributed by atoms with E-state index in [-0.39, 0.29) is 11.0 Å². The predicted molar refractivity (Wildman–Crippen MR) is 111 cm³/mol. The van der Waals surface area contributed by atoms with Crippen molar-refractivity contribution in [3.05, 3.63) is 82.9 Å². The molecule has 4 rings (SSSR count). The van der Waals surface area contributed by atoms with E-state index in [4.69, 9.17) is 5.73 Å². The number of hydrogen-bond acceptors (Lipinski definition) is 1. The van der Waals surface area contributed by atoms with Gasteiger partial charge in [-0.3, -0.25) is 0 Å². The topological polar surface area (TPSA) is 26.0 Å². The summed E-state index contributed by atoms with van der Waals surface area (Å²) in [5.74, 6) is 0. The van der Waals surface area contributed by atoms with Crippen LogP contribution in [0.3, 0.4) is 0 Å². The van der Waals surface area contributed by atoms with Gasteiger partial charge in [-0.05, 0) is 65.8 Å². The molecule has 1 nitrogen and oxygen atoms in total. The molecule has 0 unspecified atom stereocenters. The minimum absolute atomic E-state index is 0.0212. The molecular formula is C25H27N. The van der Waals surface area contributed by atoms with Gasteiger partial charge in [-0.2, -0.15) is 0 Å². The number of nitrogens with two attached hydrogens (primary N) is 1. The van der Waals surface area contributed by atoms with E-state index >= 15 is 0 Å². The number of fused-ring (bicyclic) bond motifs is 3. The lowest BCUT2D eigenvalue weighted by atomic mass is 9.80. The molecule has 1 heteroatoms. The smallest absolute Gasteiger partial charge is 0.0352 e. The van der Waals surface area contributed by atoms with Gasteiger partial charge in [0.25, 0.3) is 0 Å². The van der Waals surface area contributed by atoms with E-state index in [0.29, 0.717) is 0 Å². The Balaban J connectivity index is 1.86. The van der Waals surface area contributed by atoms with Crippen LogP contribution in [0.2, 0.25) is 0 Å². The van der Waals surface area contributed by atoms with E-state index in [1.54, 1.807) is 0 Å². The maximum absolute atomic E-state index is 6.36. The van der Waals surface area contributed by atoms with Crippen molar-refractivity contribution < 1.29 is 0 Å². The monoisotopic (exact) mass is 341 g/mol. The molecule has 0 saturated heterocycles. The highest BCUT2D eigenvalue weighted by Crippen LogP contribution is 2.50. The summed E-state index contributed by atoms with van der Waals surface area (Å²) in [5, 5.41) is 0. The van der Waals surface area contributed by atoms with Crippen molar-refractivity contribution >= 4 is 0 Å². The molecule has 0 heterocycles. The molecule has 3 aromatic carbocycles. The molecule has 0 amide bonds. The summed E-state index contributed by atoms with van der Waals surface area (Å²) >= 11 is 0. The van der Waals surface area contributed by atoms with Crippen LogP contribution in [-0.4, -0.2) is 0 Å².